The van der Waals surface area contributed by atoms with Crippen molar-refractivity contribution in [3.8, 4) is 0 Å². The summed E-state index contributed by atoms with van der Waals surface area (Å²) < 4.78 is 17.0. The third kappa shape index (κ3) is 2.84. The van der Waals surface area contributed by atoms with Gasteiger partial charge in [-0.05, 0) is 27.7 Å². The third-order valence-electron chi connectivity index (χ3n) is 4.39. The van der Waals surface area contributed by atoms with Crippen molar-refractivity contribution in [2.24, 2.45) is 5.92 Å². The van der Waals surface area contributed by atoms with Crippen molar-refractivity contribution in [3.05, 3.63) is 23.2 Å². The zero-order valence-electron chi connectivity index (χ0n) is 13.9. The Hall–Kier alpha value is -0.840. The summed E-state index contributed by atoms with van der Waals surface area (Å²) in [5, 5.41) is 0. The van der Waals surface area contributed by atoms with E-state index in [1.807, 2.05) is 33.8 Å². The Kier molecular flexibility index (Phi) is 4.51. The van der Waals surface area contributed by atoms with Gasteiger partial charge in [0.25, 0.3) is 0 Å². The van der Waals surface area contributed by atoms with Crippen molar-refractivity contribution in [1.82, 2.24) is 0 Å². The quantitative estimate of drug-likeness (QED) is 0.436. The number of carbonyl (C=O) groups excluding carboxylic acids is 1. The number of ether oxygens (including phenoxy) is 3. The Labute approximate surface area is 135 Å². The Morgan fingerprint density at radius 3 is 2.59 bits per heavy atom. The summed E-state index contributed by atoms with van der Waals surface area (Å²) in [4.78, 5) is 12.5. The molecule has 1 fully saturated rings. The maximum Gasteiger partial charge on any atom is 0.171 e. The highest BCUT2D eigenvalue weighted by molar-refractivity contribution is 6.45. The summed E-state index contributed by atoms with van der Waals surface area (Å²) in [6.45, 7) is 8.65. The van der Waals surface area contributed by atoms with Crippen molar-refractivity contribution in [1.29, 1.82) is 0 Å². The zero-order chi connectivity index (χ0) is 16.8. The number of epoxide rings is 1. The molecule has 22 heavy (non-hydrogen) atoms. The minimum Gasteiger partial charge on any atom is -0.380 e. The van der Waals surface area contributed by atoms with Gasteiger partial charge in [-0.2, -0.15) is 0 Å². The van der Waals surface area contributed by atoms with Crippen LogP contribution in [0.4, 0.5) is 0 Å². The van der Waals surface area contributed by atoms with Crippen molar-refractivity contribution >= 4 is 21.5 Å². The number of carbonyl (C=O) groups is 1. The van der Waals surface area contributed by atoms with Crippen molar-refractivity contribution in [2.45, 2.75) is 44.4 Å². The van der Waals surface area contributed by atoms with Crippen molar-refractivity contribution in [2.75, 3.05) is 20.3 Å². The molecule has 116 valence electrons. The van der Waals surface area contributed by atoms with E-state index in [0.29, 0.717) is 13.2 Å². The average molecular weight is 300 g/mol. The first-order valence-corrected chi connectivity index (χ1v) is 7.37. The molecule has 0 aromatic carbocycles. The Morgan fingerprint density at radius 1 is 1.55 bits per heavy atom. The molecule has 1 spiro atoms. The van der Waals surface area contributed by atoms with Crippen LogP contribution in [0.2, 0.25) is 0 Å². The number of hydrogen-bond donors (Lipinski definition) is 0. The molecule has 0 N–H and O–H groups in total. The van der Waals surface area contributed by atoms with E-state index in [-0.39, 0.29) is 5.47 Å². The molecule has 0 bridgehead atoms. The summed E-state index contributed by atoms with van der Waals surface area (Å²) in [5.41, 5.74) is -1.76. The highest BCUT2D eigenvalue weighted by atomic mass is 16.6. The van der Waals surface area contributed by atoms with Gasteiger partial charge < -0.3 is 14.2 Å². The summed E-state index contributed by atoms with van der Waals surface area (Å²) in [5.74, 6) is -0.928. The van der Waals surface area contributed by atoms with Crippen LogP contribution in [0.1, 0.15) is 27.7 Å². The van der Waals surface area contributed by atoms with Gasteiger partial charge in [-0.3, -0.25) is 4.79 Å². The smallest absolute Gasteiger partial charge is 0.171 e. The van der Waals surface area contributed by atoms with E-state index in [9.17, 15) is 4.79 Å². The average Bonchev–Trinajstić information content (AvgIpc) is 3.14. The second kappa shape index (κ2) is 5.66. The molecule has 0 amide bonds. The van der Waals surface area contributed by atoms with Crippen LogP contribution in [0.25, 0.3) is 0 Å². The predicted molar refractivity (Wildman–Crippen MR) is 86.0 cm³/mol. The van der Waals surface area contributed by atoms with E-state index in [0.717, 1.165) is 5.57 Å². The number of methoxy groups -OCH3 is 1. The van der Waals surface area contributed by atoms with Gasteiger partial charge in [-0.15, -0.1) is 0 Å². The van der Waals surface area contributed by atoms with Crippen LogP contribution >= 0.6 is 0 Å². The minimum atomic E-state index is -1.57. The van der Waals surface area contributed by atoms with Crippen LogP contribution in [-0.2, 0) is 19.0 Å². The first kappa shape index (κ1) is 17.5. The SMILES string of the molecule is [B]C1=C[C@]2(CO2)[C@@H](C(C)(C)OCC=C(C)C)[C@]([B])(OC)C1=O. The first-order valence-electron chi connectivity index (χ1n) is 7.37. The molecule has 1 aliphatic carbocycles. The number of allylic oxidation sites excluding steroid dienone is 1. The van der Waals surface area contributed by atoms with E-state index in [1.165, 1.54) is 7.11 Å². The van der Waals surface area contributed by atoms with Gasteiger partial charge in [-0.1, -0.05) is 23.2 Å². The second-order valence-electron chi connectivity index (χ2n) is 6.80. The van der Waals surface area contributed by atoms with Crippen LogP contribution in [-0.4, -0.2) is 58.5 Å². The van der Waals surface area contributed by atoms with Gasteiger partial charge in [0, 0.05) is 13.0 Å². The summed E-state index contributed by atoms with van der Waals surface area (Å²) in [6.07, 6.45) is 3.62. The molecule has 6 heteroatoms. The van der Waals surface area contributed by atoms with Gasteiger partial charge in [0.2, 0.25) is 0 Å². The molecule has 1 saturated heterocycles. The van der Waals surface area contributed by atoms with E-state index < -0.39 is 28.4 Å². The van der Waals surface area contributed by atoms with E-state index in [4.69, 9.17) is 29.9 Å². The lowest BCUT2D eigenvalue weighted by Crippen LogP contribution is -2.64. The maximum atomic E-state index is 12.5. The van der Waals surface area contributed by atoms with Crippen molar-refractivity contribution in [3.63, 3.8) is 0 Å². The molecular formula is C16H22B2O4. The Bertz CT molecular complexity index is 530. The lowest BCUT2D eigenvalue weighted by Gasteiger charge is -2.49. The normalized spacial score (nSPS) is 34.5. The Morgan fingerprint density at radius 2 is 2.14 bits per heavy atom. The predicted octanol–water partition coefficient (Wildman–Crippen LogP) is 1.28. The maximum absolute atomic E-state index is 12.5. The molecule has 0 aromatic rings. The highest BCUT2D eigenvalue weighted by Gasteiger charge is 2.66. The van der Waals surface area contributed by atoms with E-state index >= 15 is 0 Å². The number of hydrogen-bond acceptors (Lipinski definition) is 4. The molecule has 0 unspecified atom stereocenters. The van der Waals surface area contributed by atoms with Crippen LogP contribution in [0, 0.1) is 5.92 Å². The molecule has 1 aliphatic heterocycles. The van der Waals surface area contributed by atoms with Gasteiger partial charge in [0.1, 0.15) is 21.3 Å². The number of ketones is 1. The minimum absolute atomic E-state index is 0.0817. The lowest BCUT2D eigenvalue weighted by molar-refractivity contribution is -0.158. The van der Waals surface area contributed by atoms with Gasteiger partial charge >= 0.3 is 0 Å². The standard InChI is InChI=1S/C16H22B2O4/c1-10(2)6-7-21-14(3,4)13-15(9-22-15)8-11(17)12(19)16(13,18)20-5/h6,8,13H,7,9H2,1-5H3/t13-,15+,16-/m1/s1. The zero-order valence-corrected chi connectivity index (χ0v) is 13.9. The van der Waals surface area contributed by atoms with Crippen molar-refractivity contribution < 1.29 is 19.0 Å². The monoisotopic (exact) mass is 300 g/mol. The summed E-state index contributed by atoms with van der Waals surface area (Å²) >= 11 is 0. The van der Waals surface area contributed by atoms with Crippen LogP contribution in [0.3, 0.4) is 0 Å². The molecule has 2 aliphatic rings. The molecule has 4 radical (unpaired) electrons. The molecule has 0 aromatic heterocycles. The fraction of sp³-hybridized carbons (Fsp3) is 0.688. The molecular weight excluding hydrogens is 278 g/mol. The first-order chi connectivity index (χ1) is 10.1. The number of Topliss-reactive ketones (excluding diaryl/α,β-unsaturated/α-hetero) is 1. The fourth-order valence-corrected chi connectivity index (χ4v) is 3.29. The molecule has 2 rings (SSSR count). The molecule has 3 atom stereocenters. The third-order valence-corrected chi connectivity index (χ3v) is 4.39. The second-order valence-corrected chi connectivity index (χ2v) is 6.80. The lowest BCUT2D eigenvalue weighted by atomic mass is 9.53. The molecule has 0 saturated carbocycles. The van der Waals surface area contributed by atoms with E-state index in [1.54, 1.807) is 6.08 Å². The van der Waals surface area contributed by atoms with Gasteiger partial charge in [0.05, 0.1) is 24.3 Å². The summed E-state index contributed by atoms with van der Waals surface area (Å²) in [6, 6.07) is 0. The topological polar surface area (TPSA) is 48.1 Å². The molecule has 4 nitrogen and oxygen atoms in total. The summed E-state index contributed by atoms with van der Waals surface area (Å²) in [7, 11) is 13.5. The van der Waals surface area contributed by atoms with Crippen LogP contribution < -0.4 is 0 Å². The Balaban J connectivity index is 2.37. The van der Waals surface area contributed by atoms with Gasteiger partial charge in [0.15, 0.2) is 5.78 Å². The largest absolute Gasteiger partial charge is 0.380 e. The van der Waals surface area contributed by atoms with E-state index in [2.05, 4.69) is 0 Å². The number of rotatable bonds is 5. The fourth-order valence-electron chi connectivity index (χ4n) is 3.29. The highest BCUT2D eigenvalue weighted by Crippen LogP contribution is 2.52. The molecule has 1 heterocycles. The van der Waals surface area contributed by atoms with Crippen LogP contribution in [0.5, 0.6) is 0 Å². The van der Waals surface area contributed by atoms with Crippen LogP contribution in [0.15, 0.2) is 23.2 Å². The van der Waals surface area contributed by atoms with Gasteiger partial charge in [-0.25, -0.2) is 0 Å².